The lowest BCUT2D eigenvalue weighted by atomic mass is 9.77. The molecule has 0 amide bonds. The molecule has 5 heteroatoms. The molecule has 0 spiro atoms. The maximum atomic E-state index is 5.39. The minimum atomic E-state index is -0.297. The Bertz CT molecular complexity index is 2520. The van der Waals surface area contributed by atoms with Gasteiger partial charge in [-0.15, -0.1) is 0 Å². The number of allylic oxidation sites excluding steroid dienone is 5. The normalized spacial score (nSPS) is 25.1. The molecule has 1 aromatic heterocycles. The highest BCUT2D eigenvalue weighted by molar-refractivity contribution is 6.14. The topological polar surface area (TPSA) is 44.9 Å². The van der Waals surface area contributed by atoms with E-state index in [1.807, 2.05) is 0 Å². The van der Waals surface area contributed by atoms with E-state index < -0.39 is 0 Å². The lowest BCUT2D eigenvalue weighted by Crippen LogP contribution is -2.38. The van der Waals surface area contributed by atoms with E-state index in [1.54, 1.807) is 0 Å². The molecule has 5 nitrogen and oxygen atoms in total. The van der Waals surface area contributed by atoms with Gasteiger partial charge in [0.15, 0.2) is 5.84 Å². The highest BCUT2D eigenvalue weighted by Gasteiger charge is 2.49. The molecule has 1 saturated heterocycles. The molecule has 264 valence electrons. The smallest absolute Gasteiger partial charge is 0.159 e. The molecule has 0 bridgehead atoms. The molecule has 3 heterocycles. The fourth-order valence-electron chi connectivity index (χ4n) is 10.1. The second-order valence-electron chi connectivity index (χ2n) is 15.5. The number of anilines is 1. The zero-order valence-corrected chi connectivity index (χ0v) is 30.4. The number of aliphatic imine (C=N–C) groups is 2. The van der Waals surface area contributed by atoms with Crippen molar-refractivity contribution in [2.45, 2.75) is 56.8 Å². The van der Waals surface area contributed by atoms with Crippen molar-refractivity contribution in [2.24, 2.45) is 21.8 Å². The summed E-state index contributed by atoms with van der Waals surface area (Å²) in [7, 11) is 0. The number of aryl methyl sites for hydroxylation is 1. The third kappa shape index (κ3) is 5.13. The van der Waals surface area contributed by atoms with Crippen molar-refractivity contribution >= 4 is 40.4 Å². The number of rotatable bonds is 5. The monoisotopic (exact) mass is 701 g/mol. The van der Waals surface area contributed by atoms with Crippen molar-refractivity contribution in [2.75, 3.05) is 4.90 Å². The number of amidine groups is 2. The van der Waals surface area contributed by atoms with Crippen LogP contribution in [0.1, 0.15) is 71.4 Å². The van der Waals surface area contributed by atoms with Crippen molar-refractivity contribution in [3.63, 3.8) is 0 Å². The molecule has 11 rings (SSSR count). The summed E-state index contributed by atoms with van der Waals surface area (Å²) in [5, 5.41) is 5.21. The van der Waals surface area contributed by atoms with Crippen LogP contribution in [0.4, 0.5) is 5.69 Å². The molecular formula is C49H43N5. The van der Waals surface area contributed by atoms with Gasteiger partial charge in [-0.1, -0.05) is 127 Å². The summed E-state index contributed by atoms with van der Waals surface area (Å²) in [6.07, 6.45) is 25.1. The van der Waals surface area contributed by atoms with Gasteiger partial charge in [-0.25, -0.2) is 9.98 Å². The summed E-state index contributed by atoms with van der Waals surface area (Å²) in [5.41, 5.74) is 13.0. The number of nitrogens with one attached hydrogen (secondary N) is 1. The van der Waals surface area contributed by atoms with Gasteiger partial charge in [0.2, 0.25) is 0 Å². The number of aromatic nitrogens is 1. The van der Waals surface area contributed by atoms with Gasteiger partial charge in [0.25, 0.3) is 0 Å². The fraction of sp³-hybridized carbons (Fsp3) is 0.224. The Labute approximate surface area is 317 Å². The van der Waals surface area contributed by atoms with E-state index in [9.17, 15) is 0 Å². The molecule has 5 aromatic rings. The van der Waals surface area contributed by atoms with Crippen LogP contribution in [-0.4, -0.2) is 22.3 Å². The summed E-state index contributed by atoms with van der Waals surface area (Å²) in [6, 6.07) is 38.1. The van der Waals surface area contributed by atoms with E-state index in [0.717, 1.165) is 61.3 Å². The van der Waals surface area contributed by atoms with Crippen molar-refractivity contribution in [1.29, 1.82) is 0 Å². The Morgan fingerprint density at radius 2 is 1.59 bits per heavy atom. The number of benzene rings is 4. The van der Waals surface area contributed by atoms with Crippen molar-refractivity contribution in [3.8, 4) is 0 Å². The minimum absolute atomic E-state index is 0.250. The lowest BCUT2D eigenvalue weighted by molar-refractivity contribution is 0.374. The minimum Gasteiger partial charge on any atom is -0.344 e. The molecule has 5 unspecified atom stereocenters. The number of hydrogen-bond acceptors (Lipinski definition) is 4. The van der Waals surface area contributed by atoms with Crippen LogP contribution >= 0.6 is 0 Å². The molecule has 4 aromatic carbocycles. The van der Waals surface area contributed by atoms with Gasteiger partial charge in [0.1, 0.15) is 12.0 Å². The van der Waals surface area contributed by atoms with Crippen LogP contribution in [0.5, 0.6) is 0 Å². The average Bonchev–Trinajstić information content (AvgIpc) is 3.75. The third-order valence-corrected chi connectivity index (χ3v) is 12.5. The molecule has 0 saturated carbocycles. The number of fused-ring (bicyclic) bond motifs is 7. The first-order valence-corrected chi connectivity index (χ1v) is 19.8. The van der Waals surface area contributed by atoms with Crippen LogP contribution in [0.15, 0.2) is 161 Å². The van der Waals surface area contributed by atoms with Crippen LogP contribution in [0, 0.1) is 11.8 Å². The standard InChI is InChI=1S/C49H43N5/c1-3-15-32(16-4-1)47-50-48(33-17-5-2-6-18-33)52-49(51-47)40-23-11-14-26-44(40)54-45-30-35-20-8-7-19-34(35)29-41(45)39-28-27-36(31-46(39)54)53-42-24-12-9-21-37(42)38-22-10-13-25-43(38)53/h1,3-5,7-9,11-21,23-28,30,36,39,41,46,49H,2,6,10,22,29,31H2,(H,50,51,52). The second kappa shape index (κ2) is 12.9. The predicted molar refractivity (Wildman–Crippen MR) is 223 cm³/mol. The quantitative estimate of drug-likeness (QED) is 0.185. The van der Waals surface area contributed by atoms with Gasteiger partial charge in [-0.05, 0) is 79.5 Å². The van der Waals surface area contributed by atoms with Crippen LogP contribution in [0.3, 0.4) is 0 Å². The molecular weight excluding hydrogens is 659 g/mol. The van der Waals surface area contributed by atoms with Crippen LogP contribution in [-0.2, 0) is 12.8 Å². The Balaban J connectivity index is 1.05. The number of para-hydroxylation sites is 2. The highest BCUT2D eigenvalue weighted by Crippen LogP contribution is 2.53. The second-order valence-corrected chi connectivity index (χ2v) is 15.5. The van der Waals surface area contributed by atoms with E-state index in [1.165, 1.54) is 50.2 Å². The SMILES string of the molecule is C1=CC(C2=NC(c3ccccc3N3C4=Cc5ccccc5CC4C4C=CC(n5c6c(c7ccccc75)CCC=C6)CC43)NC(c3ccccc3)=N2)=CCC1. The van der Waals surface area contributed by atoms with E-state index in [0.29, 0.717) is 11.8 Å². The van der Waals surface area contributed by atoms with Crippen molar-refractivity contribution < 1.29 is 0 Å². The van der Waals surface area contributed by atoms with Crippen LogP contribution in [0.25, 0.3) is 23.1 Å². The van der Waals surface area contributed by atoms with Crippen LogP contribution in [0.2, 0.25) is 0 Å². The maximum absolute atomic E-state index is 5.39. The van der Waals surface area contributed by atoms with Gasteiger partial charge in [-0.3, -0.25) is 0 Å². The lowest BCUT2D eigenvalue weighted by Gasteiger charge is -2.37. The summed E-state index contributed by atoms with van der Waals surface area (Å²) in [4.78, 5) is 13.3. The van der Waals surface area contributed by atoms with Crippen molar-refractivity contribution in [1.82, 2.24) is 9.88 Å². The summed E-state index contributed by atoms with van der Waals surface area (Å²) in [5.74, 6) is 2.47. The summed E-state index contributed by atoms with van der Waals surface area (Å²) in [6.45, 7) is 0. The highest BCUT2D eigenvalue weighted by atomic mass is 15.2. The Kier molecular flexibility index (Phi) is 7.53. The number of hydrogen-bond donors (Lipinski definition) is 1. The van der Waals surface area contributed by atoms with Gasteiger partial charge >= 0.3 is 0 Å². The molecule has 0 radical (unpaired) electrons. The van der Waals surface area contributed by atoms with Gasteiger partial charge < -0.3 is 14.8 Å². The molecule has 6 aliphatic rings. The first kappa shape index (κ1) is 31.6. The molecule has 2 aliphatic heterocycles. The van der Waals surface area contributed by atoms with E-state index in [-0.39, 0.29) is 18.2 Å². The van der Waals surface area contributed by atoms with Gasteiger partial charge in [0.05, 0.1) is 6.04 Å². The van der Waals surface area contributed by atoms with Crippen molar-refractivity contribution in [3.05, 3.63) is 184 Å². The van der Waals surface area contributed by atoms with E-state index >= 15 is 0 Å². The average molecular weight is 702 g/mol. The third-order valence-electron chi connectivity index (χ3n) is 12.5. The molecule has 4 aliphatic carbocycles. The Hall–Kier alpha value is -5.94. The maximum Gasteiger partial charge on any atom is 0.159 e. The van der Waals surface area contributed by atoms with E-state index in [2.05, 4.69) is 167 Å². The van der Waals surface area contributed by atoms with E-state index in [4.69, 9.17) is 9.98 Å². The Morgan fingerprint density at radius 3 is 2.52 bits per heavy atom. The first-order chi connectivity index (χ1) is 26.8. The zero-order chi connectivity index (χ0) is 35.6. The van der Waals surface area contributed by atoms with Gasteiger partial charge in [-0.2, -0.15) is 0 Å². The fourth-order valence-corrected chi connectivity index (χ4v) is 10.1. The first-order valence-electron chi connectivity index (χ1n) is 19.8. The van der Waals surface area contributed by atoms with Gasteiger partial charge in [0, 0.05) is 62.6 Å². The number of nitrogens with zero attached hydrogens (tertiary/aromatic N) is 4. The largest absolute Gasteiger partial charge is 0.344 e. The summed E-state index contributed by atoms with van der Waals surface area (Å²) >= 11 is 0. The molecule has 5 atom stereocenters. The summed E-state index contributed by atoms with van der Waals surface area (Å²) < 4.78 is 2.65. The zero-order valence-electron chi connectivity index (χ0n) is 30.4. The predicted octanol–water partition coefficient (Wildman–Crippen LogP) is 10.5. The van der Waals surface area contributed by atoms with Crippen LogP contribution < -0.4 is 10.2 Å². The Morgan fingerprint density at radius 1 is 0.759 bits per heavy atom. The molecule has 1 fully saturated rings. The molecule has 1 N–H and O–H groups in total. The molecule has 54 heavy (non-hydrogen) atoms.